The van der Waals surface area contributed by atoms with E-state index in [0.29, 0.717) is 5.02 Å². The van der Waals surface area contributed by atoms with Crippen LogP contribution in [0.15, 0.2) is 85.1 Å². The summed E-state index contributed by atoms with van der Waals surface area (Å²) in [6.07, 6.45) is 2.86. The summed E-state index contributed by atoms with van der Waals surface area (Å²) in [6, 6.07) is 27.1. The van der Waals surface area contributed by atoms with Gasteiger partial charge in [0.05, 0.1) is 5.52 Å². The third-order valence-electron chi connectivity index (χ3n) is 4.94. The van der Waals surface area contributed by atoms with Crippen LogP contribution in [0.4, 0.5) is 5.69 Å². The first-order valence-electron chi connectivity index (χ1n) is 9.93. The summed E-state index contributed by atoms with van der Waals surface area (Å²) in [5.41, 5.74) is 5.82. The average Bonchev–Trinajstić information content (AvgIpc) is 2.77. The molecule has 29 heavy (non-hydrogen) atoms. The van der Waals surface area contributed by atoms with Gasteiger partial charge in [-0.05, 0) is 53.9 Å². The lowest BCUT2D eigenvalue weighted by Gasteiger charge is -2.10. The number of pyridine rings is 1. The number of hydrogen-bond donors (Lipinski definition) is 2. The van der Waals surface area contributed by atoms with E-state index >= 15 is 0 Å². The summed E-state index contributed by atoms with van der Waals surface area (Å²) >= 11 is 6.05. The SMILES string of the molecule is Clc1ccc2c(NCCCNCc3ccc(-c4ccccc4)cc3)ccnc2c1. The molecule has 0 aliphatic rings. The molecule has 0 aliphatic carbocycles. The van der Waals surface area contributed by atoms with Crippen molar-refractivity contribution in [2.24, 2.45) is 0 Å². The Morgan fingerprint density at radius 1 is 0.793 bits per heavy atom. The minimum atomic E-state index is 0.711. The maximum atomic E-state index is 6.05. The summed E-state index contributed by atoms with van der Waals surface area (Å²) in [5, 5.41) is 8.84. The van der Waals surface area contributed by atoms with E-state index in [9.17, 15) is 0 Å². The van der Waals surface area contributed by atoms with E-state index in [1.54, 1.807) is 0 Å². The third-order valence-corrected chi connectivity index (χ3v) is 5.18. The molecule has 0 amide bonds. The van der Waals surface area contributed by atoms with Crippen LogP contribution < -0.4 is 10.6 Å². The van der Waals surface area contributed by atoms with E-state index in [1.807, 2.05) is 36.5 Å². The zero-order valence-electron chi connectivity index (χ0n) is 16.2. The number of anilines is 1. The van der Waals surface area contributed by atoms with E-state index in [2.05, 4.69) is 64.1 Å². The summed E-state index contributed by atoms with van der Waals surface area (Å²) in [6.45, 7) is 2.75. The second-order valence-corrected chi connectivity index (χ2v) is 7.48. The molecule has 0 radical (unpaired) electrons. The van der Waals surface area contributed by atoms with Crippen molar-refractivity contribution in [2.75, 3.05) is 18.4 Å². The lowest BCUT2D eigenvalue weighted by atomic mass is 10.0. The van der Waals surface area contributed by atoms with Gasteiger partial charge < -0.3 is 10.6 Å². The average molecular weight is 402 g/mol. The molecular weight excluding hydrogens is 378 g/mol. The van der Waals surface area contributed by atoms with Gasteiger partial charge in [0.25, 0.3) is 0 Å². The van der Waals surface area contributed by atoms with E-state index in [4.69, 9.17) is 11.6 Å². The van der Waals surface area contributed by atoms with Crippen molar-refractivity contribution in [3.8, 4) is 11.1 Å². The number of nitrogens with zero attached hydrogens (tertiary/aromatic N) is 1. The van der Waals surface area contributed by atoms with E-state index < -0.39 is 0 Å². The molecule has 1 aromatic heterocycles. The molecule has 0 saturated carbocycles. The summed E-state index contributed by atoms with van der Waals surface area (Å²) in [5.74, 6) is 0. The molecule has 146 valence electrons. The maximum Gasteiger partial charge on any atom is 0.0737 e. The van der Waals surface area contributed by atoms with Crippen LogP contribution in [0.2, 0.25) is 5.02 Å². The lowest BCUT2D eigenvalue weighted by Crippen LogP contribution is -2.17. The van der Waals surface area contributed by atoms with E-state index in [-0.39, 0.29) is 0 Å². The Morgan fingerprint density at radius 3 is 2.41 bits per heavy atom. The predicted octanol–water partition coefficient (Wildman–Crippen LogP) is 6.15. The van der Waals surface area contributed by atoms with Crippen LogP contribution in [-0.2, 0) is 6.54 Å². The Balaban J connectivity index is 1.22. The summed E-state index contributed by atoms with van der Waals surface area (Å²) in [4.78, 5) is 4.38. The Kier molecular flexibility index (Phi) is 6.40. The number of hydrogen-bond acceptors (Lipinski definition) is 3. The van der Waals surface area contributed by atoms with Gasteiger partial charge in [-0.25, -0.2) is 0 Å². The van der Waals surface area contributed by atoms with Crippen LogP contribution in [0.3, 0.4) is 0 Å². The summed E-state index contributed by atoms with van der Waals surface area (Å²) < 4.78 is 0. The van der Waals surface area contributed by atoms with Crippen molar-refractivity contribution in [1.82, 2.24) is 10.3 Å². The van der Waals surface area contributed by atoms with Crippen LogP contribution in [0.5, 0.6) is 0 Å². The molecule has 0 fully saturated rings. The topological polar surface area (TPSA) is 37.0 Å². The minimum Gasteiger partial charge on any atom is -0.384 e. The molecule has 4 rings (SSSR count). The molecule has 0 aliphatic heterocycles. The van der Waals surface area contributed by atoms with E-state index in [0.717, 1.165) is 42.6 Å². The van der Waals surface area contributed by atoms with Gasteiger partial charge >= 0.3 is 0 Å². The standard InChI is InChI=1S/C25H24ClN3/c26-22-11-12-23-24(13-16-29-25(23)17-22)28-15-4-14-27-18-19-7-9-21(10-8-19)20-5-2-1-3-6-20/h1-3,5-13,16-17,27H,4,14-15,18H2,(H,28,29). The smallest absolute Gasteiger partial charge is 0.0737 e. The highest BCUT2D eigenvalue weighted by Gasteiger charge is 2.02. The first-order chi connectivity index (χ1) is 14.3. The van der Waals surface area contributed by atoms with Gasteiger partial charge in [0.1, 0.15) is 0 Å². The molecule has 3 nitrogen and oxygen atoms in total. The maximum absolute atomic E-state index is 6.05. The molecule has 4 heteroatoms. The predicted molar refractivity (Wildman–Crippen MR) is 123 cm³/mol. The number of fused-ring (bicyclic) bond motifs is 1. The van der Waals surface area contributed by atoms with Crippen molar-refractivity contribution in [1.29, 1.82) is 0 Å². The molecule has 0 unspecified atom stereocenters. The fraction of sp³-hybridized carbons (Fsp3) is 0.160. The van der Waals surface area contributed by atoms with Gasteiger partial charge in [0.15, 0.2) is 0 Å². The van der Waals surface area contributed by atoms with Crippen LogP contribution in [0, 0.1) is 0 Å². The minimum absolute atomic E-state index is 0.711. The van der Waals surface area contributed by atoms with Crippen LogP contribution in [0.25, 0.3) is 22.0 Å². The van der Waals surface area contributed by atoms with Crippen molar-refractivity contribution in [3.63, 3.8) is 0 Å². The molecule has 0 atom stereocenters. The third kappa shape index (κ3) is 5.14. The van der Waals surface area contributed by atoms with Crippen LogP contribution >= 0.6 is 11.6 Å². The number of aromatic nitrogens is 1. The highest BCUT2D eigenvalue weighted by molar-refractivity contribution is 6.31. The fourth-order valence-electron chi connectivity index (χ4n) is 3.39. The zero-order valence-corrected chi connectivity index (χ0v) is 17.0. The zero-order chi connectivity index (χ0) is 19.9. The molecule has 3 aromatic carbocycles. The van der Waals surface area contributed by atoms with Gasteiger partial charge in [-0.3, -0.25) is 4.98 Å². The molecular formula is C25H24ClN3. The quantitative estimate of drug-likeness (QED) is 0.348. The normalized spacial score (nSPS) is 10.9. The first-order valence-corrected chi connectivity index (χ1v) is 10.3. The molecule has 2 N–H and O–H groups in total. The highest BCUT2D eigenvalue weighted by Crippen LogP contribution is 2.24. The number of benzene rings is 3. The monoisotopic (exact) mass is 401 g/mol. The molecule has 0 saturated heterocycles. The van der Waals surface area contributed by atoms with Gasteiger partial charge in [-0.15, -0.1) is 0 Å². The lowest BCUT2D eigenvalue weighted by molar-refractivity contribution is 0.663. The Bertz CT molecular complexity index is 1060. The van der Waals surface area contributed by atoms with Crippen molar-refractivity contribution in [3.05, 3.63) is 95.6 Å². The van der Waals surface area contributed by atoms with Crippen molar-refractivity contribution >= 4 is 28.2 Å². The van der Waals surface area contributed by atoms with Crippen molar-refractivity contribution in [2.45, 2.75) is 13.0 Å². The molecule has 4 aromatic rings. The van der Waals surface area contributed by atoms with E-state index in [1.165, 1.54) is 16.7 Å². The molecule has 0 spiro atoms. The Morgan fingerprint density at radius 2 is 1.59 bits per heavy atom. The number of nitrogens with one attached hydrogen (secondary N) is 2. The molecule has 0 bridgehead atoms. The van der Waals surface area contributed by atoms with Gasteiger partial charge in [0.2, 0.25) is 0 Å². The van der Waals surface area contributed by atoms with Gasteiger partial charge in [-0.1, -0.05) is 66.2 Å². The Hall–Kier alpha value is -2.88. The number of halogens is 1. The van der Waals surface area contributed by atoms with Crippen LogP contribution in [0.1, 0.15) is 12.0 Å². The second-order valence-electron chi connectivity index (χ2n) is 7.04. The van der Waals surface area contributed by atoms with Gasteiger partial charge in [0, 0.05) is 35.4 Å². The number of rotatable bonds is 8. The van der Waals surface area contributed by atoms with Gasteiger partial charge in [-0.2, -0.15) is 0 Å². The first kappa shape index (κ1) is 19.4. The Labute approximate surface area is 176 Å². The summed E-state index contributed by atoms with van der Waals surface area (Å²) in [7, 11) is 0. The fourth-order valence-corrected chi connectivity index (χ4v) is 3.56. The second kappa shape index (κ2) is 9.55. The largest absolute Gasteiger partial charge is 0.384 e. The highest BCUT2D eigenvalue weighted by atomic mass is 35.5. The van der Waals surface area contributed by atoms with Crippen molar-refractivity contribution < 1.29 is 0 Å². The van der Waals surface area contributed by atoms with Crippen LogP contribution in [-0.4, -0.2) is 18.1 Å². The molecule has 1 heterocycles.